The van der Waals surface area contributed by atoms with Crippen LogP contribution in [-0.2, 0) is 20.0 Å². The summed E-state index contributed by atoms with van der Waals surface area (Å²) >= 11 is 0. The van der Waals surface area contributed by atoms with Gasteiger partial charge in [0.2, 0.25) is 0 Å². The van der Waals surface area contributed by atoms with Gasteiger partial charge in [0.05, 0.1) is 19.0 Å². The minimum atomic E-state index is -2.97. The molecule has 0 aromatic heterocycles. The third-order valence-electron chi connectivity index (χ3n) is 4.90. The average Bonchev–Trinajstić information content (AvgIpc) is 3.10. The van der Waals surface area contributed by atoms with Gasteiger partial charge in [0.15, 0.2) is 5.96 Å². The second-order valence-corrected chi connectivity index (χ2v) is 9.21. The van der Waals surface area contributed by atoms with Crippen LogP contribution in [0.4, 0.5) is 0 Å². The Bertz CT molecular complexity index is 675. The molecule has 154 valence electrons. The van der Waals surface area contributed by atoms with Gasteiger partial charge in [-0.15, -0.1) is 24.0 Å². The van der Waals surface area contributed by atoms with Crippen LogP contribution in [-0.4, -0.2) is 59.7 Å². The van der Waals surface area contributed by atoms with E-state index in [4.69, 9.17) is 4.74 Å². The van der Waals surface area contributed by atoms with Crippen LogP contribution in [0.1, 0.15) is 31.2 Å². The topological polar surface area (TPSA) is 79.8 Å². The monoisotopic (exact) mass is 509 g/mol. The number of benzene rings is 1. The van der Waals surface area contributed by atoms with Gasteiger partial charge in [-0.3, -0.25) is 4.99 Å². The Balaban J connectivity index is 0.00000364. The van der Waals surface area contributed by atoms with Crippen molar-refractivity contribution in [3.63, 3.8) is 0 Å². The third-order valence-corrected chi connectivity index (χ3v) is 5.81. The number of guanidine groups is 1. The molecular weight excluding hydrogens is 477 g/mol. The van der Waals surface area contributed by atoms with Gasteiger partial charge in [-0.2, -0.15) is 0 Å². The van der Waals surface area contributed by atoms with E-state index in [2.05, 4.69) is 46.0 Å². The number of rotatable bonds is 9. The van der Waals surface area contributed by atoms with E-state index in [1.807, 2.05) is 0 Å². The first-order chi connectivity index (χ1) is 12.5. The Morgan fingerprint density at radius 3 is 2.41 bits per heavy atom. The van der Waals surface area contributed by atoms with Gasteiger partial charge < -0.3 is 15.4 Å². The number of hydrogen-bond acceptors (Lipinski definition) is 4. The third kappa shape index (κ3) is 8.35. The Hall–Kier alpha value is -0.870. The van der Waals surface area contributed by atoms with E-state index in [9.17, 15) is 8.42 Å². The first kappa shape index (κ1) is 24.2. The molecule has 0 atom stereocenters. The lowest BCUT2D eigenvalue weighted by Crippen LogP contribution is -2.45. The summed E-state index contributed by atoms with van der Waals surface area (Å²) in [6, 6.07) is 10.7. The van der Waals surface area contributed by atoms with Gasteiger partial charge in [0.1, 0.15) is 9.84 Å². The quantitative estimate of drug-likeness (QED) is 0.231. The molecule has 1 aliphatic rings. The number of sulfone groups is 1. The number of aliphatic imine (C=N–C) groups is 1. The highest BCUT2D eigenvalue weighted by molar-refractivity contribution is 14.0. The van der Waals surface area contributed by atoms with E-state index < -0.39 is 9.84 Å². The van der Waals surface area contributed by atoms with Crippen molar-refractivity contribution in [2.75, 3.05) is 45.4 Å². The van der Waals surface area contributed by atoms with E-state index in [0.29, 0.717) is 13.2 Å². The fraction of sp³-hybridized carbons (Fsp3) is 0.632. The lowest BCUT2D eigenvalue weighted by atomic mass is 9.79. The van der Waals surface area contributed by atoms with Crippen LogP contribution < -0.4 is 10.6 Å². The van der Waals surface area contributed by atoms with Gasteiger partial charge in [-0.05, 0) is 18.4 Å². The van der Waals surface area contributed by atoms with Crippen molar-refractivity contribution < 1.29 is 13.2 Å². The maximum atomic E-state index is 11.1. The van der Waals surface area contributed by atoms with Crippen molar-refractivity contribution in [3.8, 4) is 0 Å². The zero-order valence-electron chi connectivity index (χ0n) is 16.2. The number of nitrogens with one attached hydrogen (secondary N) is 2. The Kier molecular flexibility index (Phi) is 10.6. The molecule has 2 N–H and O–H groups in total. The summed E-state index contributed by atoms with van der Waals surface area (Å²) in [6.07, 6.45) is 6.12. The Morgan fingerprint density at radius 1 is 1.15 bits per heavy atom. The predicted molar refractivity (Wildman–Crippen MR) is 122 cm³/mol. The van der Waals surface area contributed by atoms with E-state index in [1.165, 1.54) is 37.5 Å². The van der Waals surface area contributed by atoms with E-state index in [-0.39, 0.29) is 41.8 Å². The molecule has 0 unspecified atom stereocenters. The summed E-state index contributed by atoms with van der Waals surface area (Å²) in [6.45, 7) is 2.11. The molecule has 1 aromatic rings. The van der Waals surface area contributed by atoms with Crippen LogP contribution in [0.3, 0.4) is 0 Å². The zero-order chi connectivity index (χ0) is 18.9. The summed E-state index contributed by atoms with van der Waals surface area (Å²) in [5, 5.41) is 6.68. The summed E-state index contributed by atoms with van der Waals surface area (Å²) in [7, 11) is -1.21. The predicted octanol–water partition coefficient (Wildman–Crippen LogP) is 2.34. The van der Waals surface area contributed by atoms with E-state index in [0.717, 1.165) is 12.5 Å². The van der Waals surface area contributed by atoms with Crippen LogP contribution in [0.25, 0.3) is 0 Å². The smallest absolute Gasteiger partial charge is 0.191 e. The highest BCUT2D eigenvalue weighted by Gasteiger charge is 2.35. The Morgan fingerprint density at radius 2 is 1.81 bits per heavy atom. The van der Waals surface area contributed by atoms with E-state index >= 15 is 0 Å². The number of halogens is 1. The highest BCUT2D eigenvalue weighted by Crippen LogP contribution is 2.40. The summed E-state index contributed by atoms with van der Waals surface area (Å²) in [4.78, 5) is 4.27. The summed E-state index contributed by atoms with van der Waals surface area (Å²) in [5.74, 6) is 0.804. The average molecular weight is 509 g/mol. The lowest BCUT2D eigenvalue weighted by molar-refractivity contribution is 0.154. The van der Waals surface area contributed by atoms with Crippen molar-refractivity contribution in [1.82, 2.24) is 10.6 Å². The molecule has 27 heavy (non-hydrogen) atoms. The molecule has 1 saturated carbocycles. The number of hydrogen-bond donors (Lipinski definition) is 2. The highest BCUT2D eigenvalue weighted by atomic mass is 127. The second kappa shape index (κ2) is 11.9. The molecule has 0 saturated heterocycles. The van der Waals surface area contributed by atoms with Crippen molar-refractivity contribution >= 4 is 39.8 Å². The van der Waals surface area contributed by atoms with Crippen LogP contribution in [0.2, 0.25) is 0 Å². The van der Waals surface area contributed by atoms with Gasteiger partial charge in [0.25, 0.3) is 0 Å². The molecule has 0 spiro atoms. The molecule has 0 heterocycles. The van der Waals surface area contributed by atoms with Gasteiger partial charge >= 0.3 is 0 Å². The van der Waals surface area contributed by atoms with Gasteiger partial charge in [0, 0.05) is 31.8 Å². The summed E-state index contributed by atoms with van der Waals surface area (Å²) in [5.41, 5.74) is 1.56. The maximum Gasteiger partial charge on any atom is 0.191 e. The zero-order valence-corrected chi connectivity index (χ0v) is 19.4. The molecule has 1 aromatic carbocycles. The van der Waals surface area contributed by atoms with Gasteiger partial charge in [-0.25, -0.2) is 8.42 Å². The molecular formula is C19H32IN3O3S. The fourth-order valence-electron chi connectivity index (χ4n) is 3.44. The van der Waals surface area contributed by atoms with Crippen LogP contribution in [0.5, 0.6) is 0 Å². The van der Waals surface area contributed by atoms with Crippen LogP contribution in [0.15, 0.2) is 35.3 Å². The number of nitrogens with zero attached hydrogens (tertiary/aromatic N) is 1. The first-order valence-corrected chi connectivity index (χ1v) is 11.3. The number of ether oxygens (including phenoxy) is 1. The molecule has 8 heteroatoms. The molecule has 0 aliphatic heterocycles. The molecule has 1 aliphatic carbocycles. The first-order valence-electron chi connectivity index (χ1n) is 9.21. The molecule has 0 bridgehead atoms. The SMILES string of the molecule is CN=C(NCCOCCS(C)(=O)=O)NCC1(c2ccccc2)CCCC1.I. The van der Waals surface area contributed by atoms with E-state index in [1.54, 1.807) is 7.05 Å². The van der Waals surface area contributed by atoms with Crippen molar-refractivity contribution in [2.24, 2.45) is 4.99 Å². The largest absolute Gasteiger partial charge is 0.379 e. The van der Waals surface area contributed by atoms with Crippen molar-refractivity contribution in [3.05, 3.63) is 35.9 Å². The van der Waals surface area contributed by atoms with Gasteiger partial charge in [-0.1, -0.05) is 43.2 Å². The lowest BCUT2D eigenvalue weighted by Gasteiger charge is -2.30. The Labute approximate surface area is 180 Å². The van der Waals surface area contributed by atoms with Crippen molar-refractivity contribution in [1.29, 1.82) is 0 Å². The second-order valence-electron chi connectivity index (χ2n) is 6.95. The van der Waals surface area contributed by atoms with Crippen LogP contribution in [0, 0.1) is 0 Å². The molecule has 1 fully saturated rings. The molecule has 6 nitrogen and oxygen atoms in total. The normalized spacial score (nSPS) is 16.6. The molecule has 2 rings (SSSR count). The standard InChI is InChI=1S/C19H31N3O3S.HI/c1-20-18(21-12-13-25-14-15-26(2,23)24)22-16-19(10-6-7-11-19)17-8-4-3-5-9-17;/h3-5,8-9H,6-7,10-16H2,1-2H3,(H2,20,21,22);1H. The minimum absolute atomic E-state index is 0. The summed E-state index contributed by atoms with van der Waals surface area (Å²) < 4.78 is 27.5. The van der Waals surface area contributed by atoms with Crippen LogP contribution >= 0.6 is 24.0 Å². The van der Waals surface area contributed by atoms with Crippen molar-refractivity contribution in [2.45, 2.75) is 31.1 Å². The molecule has 0 radical (unpaired) electrons. The minimum Gasteiger partial charge on any atom is -0.379 e. The molecule has 0 amide bonds. The maximum absolute atomic E-state index is 11.1. The fourth-order valence-corrected chi connectivity index (χ4v) is 3.86.